The van der Waals surface area contributed by atoms with Crippen LogP contribution in [0.1, 0.15) is 33.1 Å². The van der Waals surface area contributed by atoms with Gasteiger partial charge in [0.05, 0.1) is 5.69 Å². The van der Waals surface area contributed by atoms with Gasteiger partial charge in [-0.25, -0.2) is 0 Å². The van der Waals surface area contributed by atoms with Gasteiger partial charge in [-0.15, -0.1) is 0 Å². The molecule has 2 fully saturated rings. The standard InChI is InChI=1S/C25H26N2O3S/c1-16-7-6-8-17(2)21(16)15-22-23(28)26-25(31)27(24(22)29)18-11-13-20(14-12-18)30-19-9-4-3-5-10-19/h3-5,9-17,21H,6-8H2,1-2H3,(H,26,28,31)/b22-15+. The van der Waals surface area contributed by atoms with E-state index in [0.29, 0.717) is 23.3 Å². The third-order valence-electron chi connectivity index (χ3n) is 6.17. The zero-order valence-corrected chi connectivity index (χ0v) is 18.5. The quantitative estimate of drug-likeness (QED) is 0.407. The molecule has 1 heterocycles. The number of hydrogen-bond donors (Lipinski definition) is 1. The molecule has 1 aliphatic heterocycles. The first-order valence-corrected chi connectivity index (χ1v) is 11.1. The summed E-state index contributed by atoms with van der Waals surface area (Å²) in [5.74, 6) is 1.66. The second-order valence-electron chi connectivity index (χ2n) is 8.35. The molecule has 0 aromatic heterocycles. The number of thiocarbonyl (C=S) groups is 1. The van der Waals surface area contributed by atoms with Gasteiger partial charge in [0.2, 0.25) is 0 Å². The molecular formula is C25H26N2O3S. The van der Waals surface area contributed by atoms with Gasteiger partial charge < -0.3 is 4.74 Å². The molecule has 5 nitrogen and oxygen atoms in total. The highest BCUT2D eigenvalue weighted by Crippen LogP contribution is 2.36. The van der Waals surface area contributed by atoms with Crippen molar-refractivity contribution in [1.29, 1.82) is 0 Å². The van der Waals surface area contributed by atoms with E-state index >= 15 is 0 Å². The van der Waals surface area contributed by atoms with Crippen molar-refractivity contribution in [3.63, 3.8) is 0 Å². The number of hydrogen-bond acceptors (Lipinski definition) is 4. The van der Waals surface area contributed by atoms with Crippen LogP contribution in [0.3, 0.4) is 0 Å². The molecule has 31 heavy (non-hydrogen) atoms. The average molecular weight is 435 g/mol. The van der Waals surface area contributed by atoms with Crippen molar-refractivity contribution in [2.24, 2.45) is 17.8 Å². The topological polar surface area (TPSA) is 58.6 Å². The lowest BCUT2D eigenvalue weighted by atomic mass is 9.73. The first-order valence-electron chi connectivity index (χ1n) is 10.7. The van der Waals surface area contributed by atoms with Crippen LogP contribution in [0.5, 0.6) is 11.5 Å². The van der Waals surface area contributed by atoms with Gasteiger partial charge in [0.15, 0.2) is 5.11 Å². The minimum absolute atomic E-state index is 0.0913. The highest BCUT2D eigenvalue weighted by Gasteiger charge is 2.36. The first-order chi connectivity index (χ1) is 14.9. The molecular weight excluding hydrogens is 408 g/mol. The normalized spacial score (nSPS) is 25.5. The van der Waals surface area contributed by atoms with Crippen LogP contribution in [-0.4, -0.2) is 16.9 Å². The predicted molar refractivity (Wildman–Crippen MR) is 125 cm³/mol. The number of carbonyl (C=O) groups excluding carboxylic acids is 2. The molecule has 2 aromatic carbocycles. The molecule has 1 saturated carbocycles. The third kappa shape index (κ3) is 4.54. The summed E-state index contributed by atoms with van der Waals surface area (Å²) < 4.78 is 5.82. The summed E-state index contributed by atoms with van der Waals surface area (Å²) in [5.41, 5.74) is 0.759. The van der Waals surface area contributed by atoms with Crippen LogP contribution in [0.2, 0.25) is 0 Å². The Bertz CT molecular complexity index is 1010. The number of anilines is 1. The minimum atomic E-state index is -0.416. The van der Waals surface area contributed by atoms with Gasteiger partial charge in [-0.2, -0.15) is 0 Å². The highest BCUT2D eigenvalue weighted by atomic mass is 32.1. The summed E-state index contributed by atoms with van der Waals surface area (Å²) in [6, 6.07) is 16.6. The van der Waals surface area contributed by atoms with E-state index in [9.17, 15) is 9.59 Å². The SMILES string of the molecule is CC1CCCC(C)C1/C=C1\C(=O)NC(=S)N(c2ccc(Oc3ccccc3)cc2)C1=O. The van der Waals surface area contributed by atoms with E-state index in [1.165, 1.54) is 11.3 Å². The zero-order valence-electron chi connectivity index (χ0n) is 17.7. The molecule has 160 valence electrons. The van der Waals surface area contributed by atoms with Crippen molar-refractivity contribution in [2.45, 2.75) is 33.1 Å². The molecule has 0 radical (unpaired) electrons. The molecule has 2 atom stereocenters. The van der Waals surface area contributed by atoms with Gasteiger partial charge >= 0.3 is 0 Å². The van der Waals surface area contributed by atoms with Crippen LogP contribution in [0.4, 0.5) is 5.69 Å². The number of nitrogens with zero attached hydrogens (tertiary/aromatic N) is 1. The number of carbonyl (C=O) groups is 2. The van der Waals surface area contributed by atoms with Crippen molar-refractivity contribution in [2.75, 3.05) is 4.90 Å². The molecule has 1 aliphatic carbocycles. The Hall–Kier alpha value is -2.99. The van der Waals surface area contributed by atoms with Gasteiger partial charge in [-0.3, -0.25) is 19.8 Å². The maximum atomic E-state index is 13.3. The van der Waals surface area contributed by atoms with E-state index in [1.807, 2.05) is 36.4 Å². The molecule has 0 spiro atoms. The maximum absolute atomic E-state index is 13.3. The lowest BCUT2D eigenvalue weighted by Gasteiger charge is -2.34. The number of amides is 2. The summed E-state index contributed by atoms with van der Waals surface area (Å²) in [6.45, 7) is 4.38. The highest BCUT2D eigenvalue weighted by molar-refractivity contribution is 7.80. The second kappa shape index (κ2) is 9.02. The first kappa shape index (κ1) is 21.2. The van der Waals surface area contributed by atoms with Crippen LogP contribution in [-0.2, 0) is 9.59 Å². The number of para-hydroxylation sites is 1. The Morgan fingerprint density at radius 2 is 1.58 bits per heavy atom. The Morgan fingerprint density at radius 1 is 0.968 bits per heavy atom. The summed E-state index contributed by atoms with van der Waals surface area (Å²) in [6.07, 6.45) is 5.28. The summed E-state index contributed by atoms with van der Waals surface area (Å²) in [4.78, 5) is 27.3. The fourth-order valence-electron chi connectivity index (χ4n) is 4.43. The number of nitrogens with one attached hydrogen (secondary N) is 1. The van der Waals surface area contributed by atoms with E-state index in [-0.39, 0.29) is 22.5 Å². The van der Waals surface area contributed by atoms with E-state index < -0.39 is 5.91 Å². The smallest absolute Gasteiger partial charge is 0.269 e. The Balaban J connectivity index is 1.57. The molecule has 2 unspecified atom stereocenters. The van der Waals surface area contributed by atoms with E-state index in [4.69, 9.17) is 17.0 Å². The number of benzene rings is 2. The largest absolute Gasteiger partial charge is 0.457 e. The van der Waals surface area contributed by atoms with Crippen LogP contribution in [0, 0.1) is 17.8 Å². The summed E-state index contributed by atoms with van der Waals surface area (Å²) >= 11 is 5.32. The molecule has 2 aliphatic rings. The molecule has 2 amide bonds. The van der Waals surface area contributed by atoms with Crippen LogP contribution >= 0.6 is 12.2 Å². The summed E-state index contributed by atoms with van der Waals surface area (Å²) in [5, 5.41) is 2.77. The van der Waals surface area contributed by atoms with Crippen molar-refractivity contribution < 1.29 is 14.3 Å². The Labute approximate surface area is 188 Å². The Kier molecular flexibility index (Phi) is 6.18. The lowest BCUT2D eigenvalue weighted by molar-refractivity contribution is -0.122. The molecule has 1 saturated heterocycles. The van der Waals surface area contributed by atoms with Crippen molar-refractivity contribution in [3.05, 3.63) is 66.2 Å². The maximum Gasteiger partial charge on any atom is 0.269 e. The van der Waals surface area contributed by atoms with Crippen LogP contribution < -0.4 is 15.0 Å². The average Bonchev–Trinajstić information content (AvgIpc) is 2.75. The van der Waals surface area contributed by atoms with Crippen LogP contribution in [0.25, 0.3) is 0 Å². The molecule has 4 rings (SSSR count). The van der Waals surface area contributed by atoms with Crippen molar-refractivity contribution in [1.82, 2.24) is 5.32 Å². The Morgan fingerprint density at radius 3 is 2.23 bits per heavy atom. The lowest BCUT2D eigenvalue weighted by Crippen LogP contribution is -2.54. The van der Waals surface area contributed by atoms with E-state index in [2.05, 4.69) is 19.2 Å². The second-order valence-corrected chi connectivity index (χ2v) is 8.74. The van der Waals surface area contributed by atoms with Gasteiger partial charge in [-0.1, -0.05) is 57.4 Å². The monoisotopic (exact) mass is 434 g/mol. The zero-order chi connectivity index (χ0) is 22.0. The third-order valence-corrected chi connectivity index (χ3v) is 6.45. The van der Waals surface area contributed by atoms with Gasteiger partial charge in [-0.05, 0) is 66.4 Å². The number of rotatable bonds is 4. The van der Waals surface area contributed by atoms with Crippen molar-refractivity contribution >= 4 is 34.8 Å². The number of ether oxygens (including phenoxy) is 1. The van der Waals surface area contributed by atoms with Crippen LogP contribution in [0.15, 0.2) is 66.2 Å². The van der Waals surface area contributed by atoms with Gasteiger partial charge in [0.1, 0.15) is 17.1 Å². The van der Waals surface area contributed by atoms with Crippen molar-refractivity contribution in [3.8, 4) is 11.5 Å². The fraction of sp³-hybridized carbons (Fsp3) is 0.320. The summed E-state index contributed by atoms with van der Waals surface area (Å²) in [7, 11) is 0. The van der Waals surface area contributed by atoms with Gasteiger partial charge in [0, 0.05) is 0 Å². The minimum Gasteiger partial charge on any atom is -0.457 e. The molecule has 2 aromatic rings. The molecule has 0 bridgehead atoms. The fourth-order valence-corrected chi connectivity index (χ4v) is 4.71. The molecule has 6 heteroatoms. The van der Waals surface area contributed by atoms with E-state index in [1.54, 1.807) is 24.3 Å². The predicted octanol–water partition coefficient (Wildman–Crippen LogP) is 5.23. The number of allylic oxidation sites excluding steroid dienone is 1. The van der Waals surface area contributed by atoms with Gasteiger partial charge in [0.25, 0.3) is 11.8 Å². The van der Waals surface area contributed by atoms with E-state index in [0.717, 1.165) is 18.6 Å². The molecule has 1 N–H and O–H groups in total.